The molecule has 3 amide bonds. The molecule has 29 heavy (non-hydrogen) atoms. The lowest BCUT2D eigenvalue weighted by molar-refractivity contribution is -0.149. The first kappa shape index (κ1) is 20.6. The Morgan fingerprint density at radius 3 is 2.17 bits per heavy atom. The monoisotopic (exact) mass is 397 g/mol. The Morgan fingerprint density at radius 2 is 1.59 bits per heavy atom. The number of nitrogens with zero attached hydrogens (tertiary/aromatic N) is 2. The van der Waals surface area contributed by atoms with Gasteiger partial charge >= 0.3 is 0 Å². The highest BCUT2D eigenvalue weighted by atomic mass is 16.3. The van der Waals surface area contributed by atoms with Crippen molar-refractivity contribution in [2.75, 3.05) is 26.2 Å². The normalized spacial score (nSPS) is 15.7. The van der Waals surface area contributed by atoms with Crippen LogP contribution >= 0.6 is 0 Å². The minimum Gasteiger partial charge on any atom is -0.459 e. The Morgan fingerprint density at radius 1 is 0.966 bits per heavy atom. The second-order valence-corrected chi connectivity index (χ2v) is 7.79. The van der Waals surface area contributed by atoms with Crippen LogP contribution in [0.4, 0.5) is 0 Å². The van der Waals surface area contributed by atoms with Gasteiger partial charge in [0.2, 0.25) is 11.8 Å². The number of rotatable bonds is 5. The summed E-state index contributed by atoms with van der Waals surface area (Å²) in [6.45, 7) is 6.76. The van der Waals surface area contributed by atoms with Crippen LogP contribution in [0.5, 0.6) is 0 Å². The lowest BCUT2D eigenvalue weighted by atomic mass is 9.89. The van der Waals surface area contributed by atoms with E-state index in [9.17, 15) is 14.4 Å². The van der Waals surface area contributed by atoms with Gasteiger partial charge in [-0.3, -0.25) is 14.4 Å². The van der Waals surface area contributed by atoms with E-state index in [2.05, 4.69) is 5.32 Å². The summed E-state index contributed by atoms with van der Waals surface area (Å²) in [5.41, 5.74) is -0.217. The number of benzene rings is 1. The smallest absolute Gasteiger partial charge is 0.289 e. The van der Waals surface area contributed by atoms with Gasteiger partial charge in [0.05, 0.1) is 12.3 Å². The summed E-state index contributed by atoms with van der Waals surface area (Å²) < 4.78 is 5.16. The molecular weight excluding hydrogens is 370 g/mol. The van der Waals surface area contributed by atoms with Gasteiger partial charge in [-0.1, -0.05) is 30.3 Å². The van der Waals surface area contributed by atoms with Crippen LogP contribution in [0.1, 0.15) is 42.9 Å². The van der Waals surface area contributed by atoms with E-state index < -0.39 is 5.41 Å². The lowest BCUT2D eigenvalue weighted by Crippen LogP contribution is -2.56. The number of carbonyl (C=O) groups excluding carboxylic acids is 3. The van der Waals surface area contributed by atoms with E-state index >= 15 is 0 Å². The maximum absolute atomic E-state index is 13.0. The second-order valence-electron chi connectivity index (χ2n) is 7.79. The number of nitrogens with one attached hydrogen (secondary N) is 1. The minimum atomic E-state index is -1.20. The van der Waals surface area contributed by atoms with Crippen molar-refractivity contribution in [3.63, 3.8) is 0 Å². The van der Waals surface area contributed by atoms with Gasteiger partial charge in [0.25, 0.3) is 5.91 Å². The molecule has 7 heteroatoms. The molecule has 3 rings (SSSR count). The van der Waals surface area contributed by atoms with E-state index in [1.807, 2.05) is 37.3 Å². The Labute approximate surface area is 170 Å². The van der Waals surface area contributed by atoms with Crippen LogP contribution in [0.2, 0.25) is 0 Å². The molecule has 154 valence electrons. The highest BCUT2D eigenvalue weighted by molar-refractivity contribution is 6.04. The van der Waals surface area contributed by atoms with Crippen molar-refractivity contribution in [1.82, 2.24) is 15.1 Å². The summed E-state index contributed by atoms with van der Waals surface area (Å²) in [7, 11) is 0. The Hall–Kier alpha value is -3.09. The SMILES string of the molecule is CC(NC(=O)C(C)(C)C(=O)N1CCN(C(=O)c2ccco2)CC1)c1ccccc1. The van der Waals surface area contributed by atoms with Crippen LogP contribution in [0.3, 0.4) is 0 Å². The van der Waals surface area contributed by atoms with Crippen LogP contribution in [0.25, 0.3) is 0 Å². The molecule has 1 saturated heterocycles. The number of furan rings is 1. The van der Waals surface area contributed by atoms with E-state index in [1.54, 1.807) is 35.8 Å². The summed E-state index contributed by atoms with van der Waals surface area (Å²) in [6, 6.07) is 12.7. The molecule has 0 aliphatic carbocycles. The molecule has 1 fully saturated rings. The molecule has 1 aromatic heterocycles. The summed E-state index contributed by atoms with van der Waals surface area (Å²) in [4.78, 5) is 41.5. The number of hydrogen-bond acceptors (Lipinski definition) is 4. The van der Waals surface area contributed by atoms with Crippen molar-refractivity contribution >= 4 is 17.7 Å². The average Bonchev–Trinajstić information content (AvgIpc) is 3.28. The topological polar surface area (TPSA) is 82.9 Å². The predicted octanol–water partition coefficient (Wildman–Crippen LogP) is 2.47. The number of carbonyl (C=O) groups is 3. The maximum atomic E-state index is 13.0. The van der Waals surface area contributed by atoms with Crippen LogP contribution < -0.4 is 5.32 Å². The van der Waals surface area contributed by atoms with Crippen molar-refractivity contribution in [3.8, 4) is 0 Å². The fraction of sp³-hybridized carbons (Fsp3) is 0.409. The molecule has 7 nitrogen and oxygen atoms in total. The van der Waals surface area contributed by atoms with Crippen LogP contribution in [-0.4, -0.2) is 53.7 Å². The first-order valence-corrected chi connectivity index (χ1v) is 9.79. The van der Waals surface area contributed by atoms with E-state index in [1.165, 1.54) is 6.26 Å². The van der Waals surface area contributed by atoms with Gasteiger partial charge in [0, 0.05) is 26.2 Å². The fourth-order valence-corrected chi connectivity index (χ4v) is 3.36. The quantitative estimate of drug-likeness (QED) is 0.786. The summed E-state index contributed by atoms with van der Waals surface area (Å²) in [6.07, 6.45) is 1.46. The number of hydrogen-bond donors (Lipinski definition) is 1. The zero-order valence-corrected chi connectivity index (χ0v) is 17.1. The third-order valence-corrected chi connectivity index (χ3v) is 5.34. The zero-order chi connectivity index (χ0) is 21.0. The predicted molar refractivity (Wildman–Crippen MR) is 108 cm³/mol. The molecule has 1 atom stereocenters. The molecule has 1 N–H and O–H groups in total. The summed E-state index contributed by atoms with van der Waals surface area (Å²) in [5.74, 6) is -0.441. The van der Waals surface area contributed by atoms with Gasteiger partial charge in [-0.05, 0) is 38.5 Å². The maximum Gasteiger partial charge on any atom is 0.289 e. The van der Waals surface area contributed by atoms with Crippen molar-refractivity contribution < 1.29 is 18.8 Å². The molecule has 2 aromatic rings. The van der Waals surface area contributed by atoms with Gasteiger partial charge in [-0.15, -0.1) is 0 Å². The molecule has 1 unspecified atom stereocenters. The molecule has 0 radical (unpaired) electrons. The Kier molecular flexibility index (Phi) is 6.06. The molecule has 1 aromatic carbocycles. The largest absolute Gasteiger partial charge is 0.459 e. The highest BCUT2D eigenvalue weighted by Crippen LogP contribution is 2.23. The standard InChI is InChI=1S/C22H27N3O4/c1-16(17-8-5-4-6-9-17)23-20(27)22(2,3)21(28)25-13-11-24(12-14-25)19(26)18-10-7-15-29-18/h4-10,15-16H,11-14H2,1-3H3,(H,23,27). The van der Waals surface area contributed by atoms with Crippen molar-refractivity contribution in [2.45, 2.75) is 26.8 Å². The van der Waals surface area contributed by atoms with E-state index in [0.29, 0.717) is 31.9 Å². The van der Waals surface area contributed by atoms with Crippen LogP contribution in [0, 0.1) is 5.41 Å². The van der Waals surface area contributed by atoms with Crippen LogP contribution in [-0.2, 0) is 9.59 Å². The second kappa shape index (κ2) is 8.51. The zero-order valence-electron chi connectivity index (χ0n) is 17.1. The summed E-state index contributed by atoms with van der Waals surface area (Å²) >= 11 is 0. The van der Waals surface area contributed by atoms with Gasteiger partial charge < -0.3 is 19.5 Å². The molecule has 2 heterocycles. The van der Waals surface area contributed by atoms with Crippen LogP contribution in [0.15, 0.2) is 53.1 Å². The third-order valence-electron chi connectivity index (χ3n) is 5.34. The average molecular weight is 397 g/mol. The summed E-state index contributed by atoms with van der Waals surface area (Å²) in [5, 5.41) is 2.94. The molecule has 0 spiro atoms. The van der Waals surface area contributed by atoms with E-state index in [4.69, 9.17) is 4.42 Å². The molecular formula is C22H27N3O4. The Bertz CT molecular complexity index is 853. The van der Waals surface area contributed by atoms with Gasteiger partial charge in [-0.2, -0.15) is 0 Å². The van der Waals surface area contributed by atoms with Gasteiger partial charge in [-0.25, -0.2) is 0 Å². The third kappa shape index (κ3) is 4.50. The van der Waals surface area contributed by atoms with E-state index in [-0.39, 0.29) is 23.8 Å². The molecule has 0 saturated carbocycles. The highest BCUT2D eigenvalue weighted by Gasteiger charge is 2.41. The van der Waals surface area contributed by atoms with Crippen molar-refractivity contribution in [1.29, 1.82) is 0 Å². The number of piperazine rings is 1. The minimum absolute atomic E-state index is 0.184. The van der Waals surface area contributed by atoms with E-state index in [0.717, 1.165) is 5.56 Å². The van der Waals surface area contributed by atoms with Gasteiger partial charge in [0.1, 0.15) is 5.41 Å². The first-order chi connectivity index (χ1) is 13.8. The fourth-order valence-electron chi connectivity index (χ4n) is 3.36. The Balaban J connectivity index is 1.57. The molecule has 1 aliphatic rings. The first-order valence-electron chi connectivity index (χ1n) is 9.79. The van der Waals surface area contributed by atoms with Gasteiger partial charge in [0.15, 0.2) is 5.76 Å². The van der Waals surface area contributed by atoms with Crippen molar-refractivity contribution in [3.05, 3.63) is 60.1 Å². The number of amides is 3. The molecule has 0 bridgehead atoms. The lowest BCUT2D eigenvalue weighted by Gasteiger charge is -2.38. The van der Waals surface area contributed by atoms with Crippen molar-refractivity contribution in [2.24, 2.45) is 5.41 Å². The molecule has 1 aliphatic heterocycles.